The molecule has 1 N–H and O–H groups in total. The fraction of sp³-hybridized carbons (Fsp3) is 0.538. The van der Waals surface area contributed by atoms with Gasteiger partial charge >= 0.3 is 0 Å². The Morgan fingerprint density at radius 1 is 1.03 bits per heavy atom. The number of piperazine rings is 1. The number of aromatic hydroxyl groups is 1. The predicted molar refractivity (Wildman–Crippen MR) is 127 cm³/mol. The minimum absolute atomic E-state index is 0.478. The zero-order valence-corrected chi connectivity index (χ0v) is 19.1. The van der Waals surface area contributed by atoms with Crippen LogP contribution in [0.2, 0.25) is 0 Å². The first-order valence-electron chi connectivity index (χ1n) is 11.8. The van der Waals surface area contributed by atoms with Gasteiger partial charge in [-0.2, -0.15) is 0 Å². The lowest BCUT2D eigenvalue weighted by molar-refractivity contribution is 0.145. The molecule has 1 atom stereocenters. The van der Waals surface area contributed by atoms with E-state index in [2.05, 4.69) is 39.8 Å². The number of fused-ring (bicyclic) bond motifs is 1. The maximum atomic E-state index is 10.2. The summed E-state index contributed by atoms with van der Waals surface area (Å²) in [6, 6.07) is 14.9. The van der Waals surface area contributed by atoms with Crippen LogP contribution in [0, 0.1) is 0 Å². The topological polar surface area (TPSA) is 39.2 Å². The molecule has 0 unspecified atom stereocenters. The quantitative estimate of drug-likeness (QED) is 0.699. The van der Waals surface area contributed by atoms with Crippen LogP contribution in [0.1, 0.15) is 30.9 Å². The van der Waals surface area contributed by atoms with Crippen molar-refractivity contribution in [1.29, 1.82) is 0 Å². The van der Waals surface area contributed by atoms with Crippen molar-refractivity contribution in [2.75, 3.05) is 57.8 Å². The molecule has 2 aromatic carbocycles. The van der Waals surface area contributed by atoms with E-state index in [0.29, 0.717) is 11.8 Å². The van der Waals surface area contributed by atoms with Crippen molar-refractivity contribution in [3.05, 3.63) is 53.6 Å². The number of anilines is 1. The maximum absolute atomic E-state index is 10.2. The summed E-state index contributed by atoms with van der Waals surface area (Å²) in [5.74, 6) is 1.44. The summed E-state index contributed by atoms with van der Waals surface area (Å²) in [6.45, 7) is 9.97. The van der Waals surface area contributed by atoms with Crippen LogP contribution in [0.25, 0.3) is 0 Å². The van der Waals surface area contributed by atoms with Gasteiger partial charge in [0.05, 0.1) is 12.8 Å². The number of ether oxygens (including phenoxy) is 1. The molecule has 1 fully saturated rings. The number of phenolic OH excluding ortho intramolecular Hbond substituents is 1. The molecular weight excluding hydrogens is 386 g/mol. The van der Waals surface area contributed by atoms with E-state index >= 15 is 0 Å². The second-order valence-corrected chi connectivity index (χ2v) is 8.85. The Hall–Kier alpha value is -2.24. The molecule has 31 heavy (non-hydrogen) atoms. The minimum Gasteiger partial charge on any atom is -0.508 e. The molecular formula is C26H37N3O2. The SMILES string of the molecule is CCCN(CCN1CCN(c2ccccc2OC)CC1)[C@@H]1CCc2c(O)cccc2C1. The smallest absolute Gasteiger partial charge is 0.142 e. The number of para-hydroxylation sites is 2. The van der Waals surface area contributed by atoms with Gasteiger partial charge in [0.15, 0.2) is 0 Å². The van der Waals surface area contributed by atoms with Crippen LogP contribution in [0.4, 0.5) is 5.69 Å². The zero-order valence-electron chi connectivity index (χ0n) is 19.1. The lowest BCUT2D eigenvalue weighted by atomic mass is 9.87. The van der Waals surface area contributed by atoms with E-state index in [1.165, 1.54) is 23.2 Å². The molecule has 0 amide bonds. The van der Waals surface area contributed by atoms with Gasteiger partial charge in [-0.3, -0.25) is 9.80 Å². The number of benzene rings is 2. The van der Waals surface area contributed by atoms with Gasteiger partial charge in [0.1, 0.15) is 11.5 Å². The second-order valence-electron chi connectivity index (χ2n) is 8.85. The fourth-order valence-corrected chi connectivity index (χ4v) is 5.22. The highest BCUT2D eigenvalue weighted by Crippen LogP contribution is 2.31. The van der Waals surface area contributed by atoms with Crippen molar-refractivity contribution in [2.45, 2.75) is 38.6 Å². The number of methoxy groups -OCH3 is 1. The minimum atomic E-state index is 0.478. The molecule has 1 aliphatic heterocycles. The summed E-state index contributed by atoms with van der Waals surface area (Å²) >= 11 is 0. The molecule has 0 bridgehead atoms. The molecule has 4 rings (SSSR count). The summed E-state index contributed by atoms with van der Waals surface area (Å²) in [7, 11) is 1.75. The van der Waals surface area contributed by atoms with Crippen molar-refractivity contribution < 1.29 is 9.84 Å². The van der Waals surface area contributed by atoms with Crippen molar-refractivity contribution >= 4 is 5.69 Å². The van der Waals surface area contributed by atoms with E-state index in [-0.39, 0.29) is 0 Å². The highest BCUT2D eigenvalue weighted by Gasteiger charge is 2.26. The zero-order chi connectivity index (χ0) is 21.6. The lowest BCUT2D eigenvalue weighted by Crippen LogP contribution is -2.50. The third-order valence-electron chi connectivity index (χ3n) is 6.96. The van der Waals surface area contributed by atoms with Crippen molar-refractivity contribution in [1.82, 2.24) is 9.80 Å². The Bertz CT molecular complexity index is 848. The van der Waals surface area contributed by atoms with Gasteiger partial charge in [0, 0.05) is 45.3 Å². The van der Waals surface area contributed by atoms with E-state index in [0.717, 1.165) is 70.8 Å². The Kier molecular flexibility index (Phi) is 7.36. The fourth-order valence-electron chi connectivity index (χ4n) is 5.22. The summed E-state index contributed by atoms with van der Waals surface area (Å²) in [6.07, 6.45) is 4.38. The largest absolute Gasteiger partial charge is 0.508 e. The molecule has 1 heterocycles. The average Bonchev–Trinajstić information content (AvgIpc) is 2.82. The van der Waals surface area contributed by atoms with Crippen LogP contribution in [0.3, 0.4) is 0 Å². The van der Waals surface area contributed by atoms with E-state index < -0.39 is 0 Å². The summed E-state index contributed by atoms with van der Waals surface area (Å²) in [5.41, 5.74) is 3.71. The second kappa shape index (κ2) is 10.4. The first kappa shape index (κ1) is 22.0. The third kappa shape index (κ3) is 5.16. The van der Waals surface area contributed by atoms with Crippen LogP contribution >= 0.6 is 0 Å². The van der Waals surface area contributed by atoms with Gasteiger partial charge in [-0.1, -0.05) is 31.2 Å². The number of rotatable bonds is 8. The van der Waals surface area contributed by atoms with Crippen molar-refractivity contribution in [3.63, 3.8) is 0 Å². The van der Waals surface area contributed by atoms with Gasteiger partial charge in [-0.05, 0) is 61.6 Å². The number of nitrogens with zero attached hydrogens (tertiary/aromatic N) is 3. The molecule has 0 spiro atoms. The number of hydrogen-bond acceptors (Lipinski definition) is 5. The Morgan fingerprint density at radius 2 is 1.84 bits per heavy atom. The Morgan fingerprint density at radius 3 is 2.61 bits per heavy atom. The Balaban J connectivity index is 1.30. The van der Waals surface area contributed by atoms with E-state index in [1.807, 2.05) is 24.3 Å². The Labute approximate surface area is 187 Å². The van der Waals surface area contributed by atoms with Gasteiger partial charge in [-0.15, -0.1) is 0 Å². The summed E-state index contributed by atoms with van der Waals surface area (Å²) in [4.78, 5) is 7.75. The first-order valence-corrected chi connectivity index (χ1v) is 11.8. The van der Waals surface area contributed by atoms with E-state index in [4.69, 9.17) is 4.74 Å². The first-order chi connectivity index (χ1) is 15.2. The molecule has 5 heteroatoms. The molecule has 5 nitrogen and oxygen atoms in total. The van der Waals surface area contributed by atoms with Gasteiger partial charge < -0.3 is 14.7 Å². The standard InChI is InChI=1S/C26H37N3O2/c1-3-13-28(22-11-12-23-21(20-22)7-6-9-25(23)30)17-14-27-15-18-29(19-16-27)24-8-4-5-10-26(24)31-2/h4-10,22,30H,3,11-20H2,1-2H3/t22-/m1/s1. The normalized spacial score (nSPS) is 19.5. The highest BCUT2D eigenvalue weighted by atomic mass is 16.5. The van der Waals surface area contributed by atoms with Crippen LogP contribution in [0.15, 0.2) is 42.5 Å². The van der Waals surface area contributed by atoms with Crippen LogP contribution in [-0.2, 0) is 12.8 Å². The third-order valence-corrected chi connectivity index (χ3v) is 6.96. The monoisotopic (exact) mass is 423 g/mol. The van der Waals surface area contributed by atoms with Crippen molar-refractivity contribution in [3.8, 4) is 11.5 Å². The van der Waals surface area contributed by atoms with Crippen LogP contribution in [-0.4, -0.2) is 73.9 Å². The van der Waals surface area contributed by atoms with Gasteiger partial charge in [-0.25, -0.2) is 0 Å². The molecule has 168 valence electrons. The van der Waals surface area contributed by atoms with E-state index in [1.54, 1.807) is 7.11 Å². The number of hydrogen-bond donors (Lipinski definition) is 1. The lowest BCUT2D eigenvalue weighted by Gasteiger charge is -2.39. The van der Waals surface area contributed by atoms with Crippen molar-refractivity contribution in [2.24, 2.45) is 0 Å². The number of phenols is 1. The van der Waals surface area contributed by atoms with Crippen LogP contribution in [0.5, 0.6) is 11.5 Å². The average molecular weight is 424 g/mol. The molecule has 1 saturated heterocycles. The highest BCUT2D eigenvalue weighted by molar-refractivity contribution is 5.58. The molecule has 2 aliphatic rings. The molecule has 1 aliphatic carbocycles. The predicted octanol–water partition coefficient (Wildman–Crippen LogP) is 3.79. The van der Waals surface area contributed by atoms with Crippen LogP contribution < -0.4 is 9.64 Å². The maximum Gasteiger partial charge on any atom is 0.142 e. The summed E-state index contributed by atoms with van der Waals surface area (Å²) < 4.78 is 5.55. The van der Waals surface area contributed by atoms with Gasteiger partial charge in [0.2, 0.25) is 0 Å². The molecule has 0 aromatic heterocycles. The molecule has 0 saturated carbocycles. The van der Waals surface area contributed by atoms with E-state index in [9.17, 15) is 5.11 Å². The molecule has 2 aromatic rings. The molecule has 0 radical (unpaired) electrons. The summed E-state index contributed by atoms with van der Waals surface area (Å²) in [5, 5.41) is 10.2. The van der Waals surface area contributed by atoms with Gasteiger partial charge in [0.25, 0.3) is 0 Å².